The van der Waals surface area contributed by atoms with Crippen molar-refractivity contribution >= 4 is 5.91 Å². The fraction of sp³-hybridized carbons (Fsp3) is 0.739. The molecule has 3 aliphatic rings. The van der Waals surface area contributed by atoms with Crippen molar-refractivity contribution in [2.75, 3.05) is 13.1 Å². The van der Waals surface area contributed by atoms with Gasteiger partial charge in [0.1, 0.15) is 17.9 Å². The van der Waals surface area contributed by atoms with Gasteiger partial charge in [-0.15, -0.1) is 10.2 Å². The van der Waals surface area contributed by atoms with Crippen LogP contribution in [0.3, 0.4) is 0 Å². The number of aryl methyl sites for hydroxylation is 2. The normalized spacial score (nSPS) is 23.4. The highest BCUT2D eigenvalue weighted by molar-refractivity contribution is 5.77. The fourth-order valence-electron chi connectivity index (χ4n) is 5.78. The van der Waals surface area contributed by atoms with Crippen molar-refractivity contribution in [1.82, 2.24) is 24.8 Å². The molecule has 1 spiro atoms. The SMILES string of the molecule is Cc1noc(C)c1CCC(=O)N1CC(c2nncn2CC2CC2)C2(CCCCC2)C1. The zero-order chi connectivity index (χ0) is 20.7. The standard InChI is InChI=1S/C23H33N5O2/c1-16-19(17(2)30-26-16)8-9-21(29)27-13-20(23(14-27)10-4-3-5-11-23)22-25-24-15-28(22)12-18-6-7-18/h15,18,20H,3-14H2,1-2H3. The minimum atomic E-state index is 0.172. The van der Waals surface area contributed by atoms with Crippen LogP contribution in [0, 0.1) is 25.2 Å². The van der Waals surface area contributed by atoms with Gasteiger partial charge in [-0.3, -0.25) is 4.79 Å². The van der Waals surface area contributed by atoms with Gasteiger partial charge in [0.15, 0.2) is 0 Å². The number of nitrogens with zero attached hydrogens (tertiary/aromatic N) is 5. The van der Waals surface area contributed by atoms with Gasteiger partial charge in [-0.05, 0) is 57.3 Å². The van der Waals surface area contributed by atoms with E-state index in [-0.39, 0.29) is 11.3 Å². The smallest absolute Gasteiger partial charge is 0.222 e. The lowest BCUT2D eigenvalue weighted by Crippen LogP contribution is -2.34. The molecule has 1 atom stereocenters. The quantitative estimate of drug-likeness (QED) is 0.722. The topological polar surface area (TPSA) is 77.1 Å². The van der Waals surface area contributed by atoms with Gasteiger partial charge in [-0.25, -0.2) is 0 Å². The Morgan fingerprint density at radius 1 is 1.23 bits per heavy atom. The van der Waals surface area contributed by atoms with E-state index in [2.05, 4.69) is 24.8 Å². The lowest BCUT2D eigenvalue weighted by Gasteiger charge is -2.37. The molecule has 3 fully saturated rings. The van der Waals surface area contributed by atoms with E-state index in [9.17, 15) is 4.79 Å². The molecular weight excluding hydrogens is 378 g/mol. The highest BCUT2D eigenvalue weighted by atomic mass is 16.5. The summed E-state index contributed by atoms with van der Waals surface area (Å²) in [5.74, 6) is 3.29. The third kappa shape index (κ3) is 3.67. The molecule has 1 unspecified atom stereocenters. The highest BCUT2D eigenvalue weighted by Crippen LogP contribution is 2.52. The zero-order valence-electron chi connectivity index (χ0n) is 18.3. The van der Waals surface area contributed by atoms with Crippen molar-refractivity contribution in [3.8, 4) is 0 Å². The van der Waals surface area contributed by atoms with Gasteiger partial charge in [-0.1, -0.05) is 24.4 Å². The predicted molar refractivity (Wildman–Crippen MR) is 112 cm³/mol. The summed E-state index contributed by atoms with van der Waals surface area (Å²) in [5, 5.41) is 12.9. The lowest BCUT2D eigenvalue weighted by molar-refractivity contribution is -0.130. The van der Waals surface area contributed by atoms with Gasteiger partial charge < -0.3 is 14.0 Å². The second-order valence-corrected chi connectivity index (χ2v) is 9.84. The number of aromatic nitrogens is 4. The number of likely N-dealkylation sites (tertiary alicyclic amines) is 1. The third-order valence-corrected chi connectivity index (χ3v) is 7.73. The van der Waals surface area contributed by atoms with E-state index in [0.29, 0.717) is 18.8 Å². The Balaban J connectivity index is 1.34. The van der Waals surface area contributed by atoms with E-state index in [4.69, 9.17) is 4.52 Å². The van der Waals surface area contributed by atoms with Crippen LogP contribution in [0.15, 0.2) is 10.9 Å². The first kappa shape index (κ1) is 19.8. The highest BCUT2D eigenvalue weighted by Gasteiger charge is 2.50. The van der Waals surface area contributed by atoms with Crippen LogP contribution < -0.4 is 0 Å². The predicted octanol–water partition coefficient (Wildman–Crippen LogP) is 3.80. The lowest BCUT2D eigenvalue weighted by atomic mass is 9.67. The van der Waals surface area contributed by atoms with E-state index in [1.165, 1.54) is 44.9 Å². The Kier molecular flexibility index (Phi) is 5.15. The minimum Gasteiger partial charge on any atom is -0.361 e. The number of carbonyl (C=O) groups is 1. The maximum atomic E-state index is 13.2. The van der Waals surface area contributed by atoms with Crippen molar-refractivity contribution in [2.24, 2.45) is 11.3 Å². The summed E-state index contributed by atoms with van der Waals surface area (Å²) < 4.78 is 7.55. The van der Waals surface area contributed by atoms with Crippen LogP contribution in [-0.4, -0.2) is 43.8 Å². The van der Waals surface area contributed by atoms with E-state index >= 15 is 0 Å². The van der Waals surface area contributed by atoms with E-state index < -0.39 is 0 Å². The Hall–Kier alpha value is -2.18. The summed E-state index contributed by atoms with van der Waals surface area (Å²) in [7, 11) is 0. The molecule has 7 nitrogen and oxygen atoms in total. The average Bonchev–Trinajstić information content (AvgIpc) is 3.18. The molecule has 162 valence electrons. The van der Waals surface area contributed by atoms with Crippen molar-refractivity contribution in [1.29, 1.82) is 0 Å². The van der Waals surface area contributed by atoms with Crippen molar-refractivity contribution in [3.63, 3.8) is 0 Å². The van der Waals surface area contributed by atoms with Gasteiger partial charge in [0.05, 0.1) is 5.69 Å². The summed E-state index contributed by atoms with van der Waals surface area (Å²) in [6.07, 6.45) is 12.0. The first-order chi connectivity index (χ1) is 14.6. The van der Waals surface area contributed by atoms with Crippen LogP contribution >= 0.6 is 0 Å². The zero-order valence-corrected chi connectivity index (χ0v) is 18.3. The molecule has 0 radical (unpaired) electrons. The molecule has 1 saturated heterocycles. The molecule has 0 N–H and O–H groups in total. The molecule has 0 bridgehead atoms. The molecule has 2 aliphatic carbocycles. The van der Waals surface area contributed by atoms with Crippen LogP contribution in [0.25, 0.3) is 0 Å². The van der Waals surface area contributed by atoms with E-state index in [1.807, 2.05) is 20.2 Å². The molecule has 3 heterocycles. The number of hydrogen-bond donors (Lipinski definition) is 0. The van der Waals surface area contributed by atoms with E-state index in [0.717, 1.165) is 48.4 Å². The molecule has 2 aromatic heterocycles. The van der Waals surface area contributed by atoms with Crippen LogP contribution in [0.1, 0.15) is 80.1 Å². The molecular formula is C23H33N5O2. The number of hydrogen-bond acceptors (Lipinski definition) is 5. The number of rotatable bonds is 6. The summed E-state index contributed by atoms with van der Waals surface area (Å²) in [4.78, 5) is 15.3. The van der Waals surface area contributed by atoms with Crippen LogP contribution in [-0.2, 0) is 17.8 Å². The van der Waals surface area contributed by atoms with Gasteiger partial charge in [0.25, 0.3) is 0 Å². The average molecular weight is 412 g/mol. The molecule has 7 heteroatoms. The Bertz CT molecular complexity index is 887. The second kappa shape index (κ2) is 7.82. The van der Waals surface area contributed by atoms with Gasteiger partial charge in [0.2, 0.25) is 5.91 Å². The number of carbonyl (C=O) groups excluding carboxylic acids is 1. The van der Waals surface area contributed by atoms with Crippen LogP contribution in [0.5, 0.6) is 0 Å². The Labute approximate surface area is 178 Å². The summed E-state index contributed by atoms with van der Waals surface area (Å²) >= 11 is 0. The first-order valence-corrected chi connectivity index (χ1v) is 11.6. The van der Waals surface area contributed by atoms with Crippen molar-refractivity contribution in [3.05, 3.63) is 29.2 Å². The van der Waals surface area contributed by atoms with Gasteiger partial charge in [0, 0.05) is 37.5 Å². The summed E-state index contributed by atoms with van der Waals surface area (Å²) in [6.45, 7) is 6.56. The maximum Gasteiger partial charge on any atom is 0.222 e. The first-order valence-electron chi connectivity index (χ1n) is 11.6. The third-order valence-electron chi connectivity index (χ3n) is 7.73. The molecule has 2 saturated carbocycles. The summed E-state index contributed by atoms with van der Waals surface area (Å²) in [5.41, 5.74) is 2.15. The molecule has 0 aromatic carbocycles. The monoisotopic (exact) mass is 411 g/mol. The minimum absolute atomic E-state index is 0.172. The van der Waals surface area contributed by atoms with Gasteiger partial charge in [-0.2, -0.15) is 0 Å². The molecule has 1 aliphatic heterocycles. The van der Waals surface area contributed by atoms with Crippen molar-refractivity contribution < 1.29 is 9.32 Å². The van der Waals surface area contributed by atoms with Crippen LogP contribution in [0.2, 0.25) is 0 Å². The molecule has 1 amide bonds. The molecule has 30 heavy (non-hydrogen) atoms. The Morgan fingerprint density at radius 3 is 2.73 bits per heavy atom. The Morgan fingerprint density at radius 2 is 2.03 bits per heavy atom. The van der Waals surface area contributed by atoms with Crippen LogP contribution in [0.4, 0.5) is 0 Å². The largest absolute Gasteiger partial charge is 0.361 e. The molecule has 2 aromatic rings. The molecule has 5 rings (SSSR count). The number of amides is 1. The van der Waals surface area contributed by atoms with Gasteiger partial charge >= 0.3 is 0 Å². The fourth-order valence-corrected chi connectivity index (χ4v) is 5.78. The second-order valence-electron chi connectivity index (χ2n) is 9.84. The van der Waals surface area contributed by atoms with Crippen molar-refractivity contribution in [2.45, 2.75) is 84.1 Å². The van der Waals surface area contributed by atoms with E-state index in [1.54, 1.807) is 0 Å². The maximum absolute atomic E-state index is 13.2. The summed E-state index contributed by atoms with van der Waals surface area (Å²) in [6, 6.07) is 0.